The SMILES string of the molecule is COCCNc1nc(-c2cn3ccnc3c(CCC(F)(F)F)n2)nc2c1C(C)(c1cccc(Cl)c1)C(=O)N2. The highest BCUT2D eigenvalue weighted by Crippen LogP contribution is 2.46. The minimum Gasteiger partial charge on any atom is -0.383 e. The molecule has 0 spiro atoms. The van der Waals surface area contributed by atoms with Crippen LogP contribution < -0.4 is 10.6 Å². The van der Waals surface area contributed by atoms with Crippen LogP contribution in [0.2, 0.25) is 5.02 Å². The molecule has 0 fully saturated rings. The highest BCUT2D eigenvalue weighted by Gasteiger charge is 2.48. The Balaban J connectivity index is 1.65. The van der Waals surface area contributed by atoms with Crippen LogP contribution in [0.1, 0.15) is 30.2 Å². The molecule has 0 radical (unpaired) electrons. The number of ether oxygens (including phenoxy) is 1. The normalized spacial score (nSPS) is 17.1. The van der Waals surface area contributed by atoms with Gasteiger partial charge in [-0.3, -0.25) is 4.79 Å². The lowest BCUT2D eigenvalue weighted by molar-refractivity contribution is -0.134. The molecule has 5 rings (SSSR count). The number of fused-ring (bicyclic) bond motifs is 2. The Kier molecular flexibility index (Phi) is 6.70. The molecule has 4 heterocycles. The zero-order valence-electron chi connectivity index (χ0n) is 20.4. The Bertz CT molecular complexity index is 1520. The largest absolute Gasteiger partial charge is 0.389 e. The summed E-state index contributed by atoms with van der Waals surface area (Å²) in [4.78, 5) is 31.2. The molecule has 198 valence electrons. The van der Waals surface area contributed by atoms with Crippen LogP contribution in [0.3, 0.4) is 0 Å². The fourth-order valence-electron chi connectivity index (χ4n) is 4.49. The number of benzene rings is 1. The van der Waals surface area contributed by atoms with Crippen LogP contribution in [0, 0.1) is 0 Å². The number of rotatable bonds is 8. The number of halogens is 4. The fraction of sp³-hybridized carbons (Fsp3) is 0.320. The summed E-state index contributed by atoms with van der Waals surface area (Å²) in [5.74, 6) is 0.446. The van der Waals surface area contributed by atoms with Gasteiger partial charge in [-0.05, 0) is 24.6 Å². The molecule has 1 amide bonds. The third-order valence-electron chi connectivity index (χ3n) is 6.41. The summed E-state index contributed by atoms with van der Waals surface area (Å²) < 4.78 is 45.6. The van der Waals surface area contributed by atoms with Crippen LogP contribution in [0.4, 0.5) is 24.8 Å². The summed E-state index contributed by atoms with van der Waals surface area (Å²) in [5, 5.41) is 6.52. The lowest BCUT2D eigenvalue weighted by Crippen LogP contribution is -2.33. The standard InChI is InChI=1S/C25H23ClF3N7O2/c1-24(14-4-3-5-15(26)12-14)18-20(30-9-11-38-2)33-19(34-21(18)35-23(24)37)17-13-36-10-8-31-22(36)16(32-17)6-7-25(27,28)29/h3-5,8,10,12-13H,6-7,9,11H2,1-2H3,(H2,30,33,34,35,37). The number of aromatic nitrogens is 5. The fourth-order valence-corrected chi connectivity index (χ4v) is 4.68. The van der Waals surface area contributed by atoms with E-state index in [2.05, 4.69) is 30.6 Å². The number of alkyl halides is 3. The summed E-state index contributed by atoms with van der Waals surface area (Å²) in [6.45, 7) is 2.50. The molecule has 1 unspecified atom stereocenters. The first-order valence-electron chi connectivity index (χ1n) is 11.7. The van der Waals surface area contributed by atoms with Gasteiger partial charge in [-0.15, -0.1) is 0 Å². The number of hydrogen-bond donors (Lipinski definition) is 2. The highest BCUT2D eigenvalue weighted by molar-refractivity contribution is 6.30. The van der Waals surface area contributed by atoms with Gasteiger partial charge >= 0.3 is 6.18 Å². The molecular weight excluding hydrogens is 523 g/mol. The molecule has 13 heteroatoms. The minimum absolute atomic E-state index is 0.128. The summed E-state index contributed by atoms with van der Waals surface area (Å²) in [7, 11) is 1.56. The van der Waals surface area contributed by atoms with Gasteiger partial charge < -0.3 is 19.8 Å². The zero-order chi connectivity index (χ0) is 27.1. The minimum atomic E-state index is -4.35. The summed E-state index contributed by atoms with van der Waals surface area (Å²) in [6.07, 6.45) is -1.07. The van der Waals surface area contributed by atoms with Crippen molar-refractivity contribution in [2.75, 3.05) is 30.9 Å². The molecule has 1 aliphatic heterocycles. The van der Waals surface area contributed by atoms with Crippen molar-refractivity contribution in [3.63, 3.8) is 0 Å². The van der Waals surface area contributed by atoms with Gasteiger partial charge in [0.1, 0.15) is 22.7 Å². The Labute approximate surface area is 220 Å². The number of amides is 1. The Hall–Kier alpha value is -3.77. The molecule has 9 nitrogen and oxygen atoms in total. The Morgan fingerprint density at radius 3 is 2.79 bits per heavy atom. The van der Waals surface area contributed by atoms with Crippen LogP contribution in [0.15, 0.2) is 42.9 Å². The van der Waals surface area contributed by atoms with Crippen molar-refractivity contribution < 1.29 is 22.7 Å². The van der Waals surface area contributed by atoms with Crippen LogP contribution >= 0.6 is 11.6 Å². The number of anilines is 2. The van der Waals surface area contributed by atoms with Crippen molar-refractivity contribution >= 4 is 34.8 Å². The van der Waals surface area contributed by atoms with Crippen LogP contribution in [0.5, 0.6) is 0 Å². The summed E-state index contributed by atoms with van der Waals surface area (Å²) >= 11 is 6.23. The molecule has 1 aliphatic rings. The van der Waals surface area contributed by atoms with E-state index in [-0.39, 0.29) is 35.4 Å². The highest BCUT2D eigenvalue weighted by atomic mass is 35.5. The maximum Gasteiger partial charge on any atom is 0.389 e. The topological polar surface area (TPSA) is 106 Å². The van der Waals surface area contributed by atoms with Gasteiger partial charge in [0.15, 0.2) is 11.5 Å². The van der Waals surface area contributed by atoms with Crippen molar-refractivity contribution in [1.29, 1.82) is 0 Å². The Morgan fingerprint density at radius 2 is 2.05 bits per heavy atom. The van der Waals surface area contributed by atoms with E-state index < -0.39 is 18.0 Å². The smallest absolute Gasteiger partial charge is 0.383 e. The molecule has 38 heavy (non-hydrogen) atoms. The van der Waals surface area contributed by atoms with Crippen LogP contribution in [-0.4, -0.2) is 56.7 Å². The number of imidazole rings is 1. The predicted octanol–water partition coefficient (Wildman–Crippen LogP) is 4.65. The van der Waals surface area contributed by atoms with Crippen LogP contribution in [0.25, 0.3) is 17.2 Å². The molecule has 0 bridgehead atoms. The molecule has 4 aromatic rings. The predicted molar refractivity (Wildman–Crippen MR) is 135 cm³/mol. The van der Waals surface area contributed by atoms with E-state index in [1.165, 1.54) is 6.20 Å². The number of methoxy groups -OCH3 is 1. The van der Waals surface area contributed by atoms with Crippen LogP contribution in [-0.2, 0) is 21.4 Å². The number of hydrogen-bond acceptors (Lipinski definition) is 7. The molecule has 1 aromatic carbocycles. The molecule has 2 N–H and O–H groups in total. The van der Waals surface area contributed by atoms with Crippen molar-refractivity contribution in [3.8, 4) is 11.5 Å². The molecule has 0 saturated heterocycles. The Morgan fingerprint density at radius 1 is 1.24 bits per heavy atom. The van der Waals surface area contributed by atoms with E-state index in [0.717, 1.165) is 0 Å². The number of aryl methyl sites for hydroxylation is 1. The third-order valence-corrected chi connectivity index (χ3v) is 6.65. The molecule has 3 aromatic heterocycles. The average Bonchev–Trinajstić information content (AvgIpc) is 3.45. The molecule has 0 aliphatic carbocycles. The van der Waals surface area contributed by atoms with Gasteiger partial charge in [-0.25, -0.2) is 19.9 Å². The van der Waals surface area contributed by atoms with Gasteiger partial charge in [0.25, 0.3) is 0 Å². The maximum atomic E-state index is 13.4. The third kappa shape index (κ3) is 4.76. The van der Waals surface area contributed by atoms with E-state index >= 15 is 0 Å². The van der Waals surface area contributed by atoms with Crippen molar-refractivity contribution in [2.45, 2.75) is 31.4 Å². The first-order valence-corrected chi connectivity index (χ1v) is 12.1. The second kappa shape index (κ2) is 9.84. The van der Waals surface area contributed by atoms with Gasteiger partial charge in [-0.2, -0.15) is 13.2 Å². The van der Waals surface area contributed by atoms with E-state index in [0.29, 0.717) is 40.8 Å². The zero-order valence-corrected chi connectivity index (χ0v) is 21.2. The summed E-state index contributed by atoms with van der Waals surface area (Å²) in [5.41, 5.74) is 0.727. The van der Waals surface area contributed by atoms with Crippen molar-refractivity contribution in [2.24, 2.45) is 0 Å². The van der Waals surface area contributed by atoms with E-state index in [1.54, 1.807) is 55.1 Å². The molecular formula is C25H23ClF3N7O2. The second-order valence-electron chi connectivity index (χ2n) is 8.97. The monoisotopic (exact) mass is 545 g/mol. The van der Waals surface area contributed by atoms with Crippen molar-refractivity contribution in [3.05, 3.63) is 64.7 Å². The molecule has 0 saturated carbocycles. The lowest BCUT2D eigenvalue weighted by Gasteiger charge is -2.25. The number of nitrogens with zero attached hydrogens (tertiary/aromatic N) is 5. The van der Waals surface area contributed by atoms with E-state index in [9.17, 15) is 18.0 Å². The van der Waals surface area contributed by atoms with Gasteiger partial charge in [-0.1, -0.05) is 23.7 Å². The van der Waals surface area contributed by atoms with E-state index in [4.69, 9.17) is 16.3 Å². The molecule has 1 atom stereocenters. The number of carbonyl (C=O) groups excluding carboxylic acids is 1. The summed E-state index contributed by atoms with van der Waals surface area (Å²) in [6, 6.07) is 6.99. The number of carbonyl (C=O) groups is 1. The van der Waals surface area contributed by atoms with E-state index in [1.807, 2.05) is 0 Å². The first kappa shape index (κ1) is 25.9. The number of nitrogens with one attached hydrogen (secondary N) is 2. The first-order chi connectivity index (χ1) is 18.1. The maximum absolute atomic E-state index is 13.4. The quantitative estimate of drug-likeness (QED) is 0.310. The van der Waals surface area contributed by atoms with Gasteiger partial charge in [0.2, 0.25) is 5.91 Å². The second-order valence-corrected chi connectivity index (χ2v) is 9.41. The van der Waals surface area contributed by atoms with Crippen molar-refractivity contribution in [1.82, 2.24) is 24.3 Å². The average molecular weight is 546 g/mol. The van der Waals surface area contributed by atoms with Gasteiger partial charge in [0, 0.05) is 50.1 Å². The lowest BCUT2D eigenvalue weighted by atomic mass is 9.77. The van der Waals surface area contributed by atoms with Gasteiger partial charge in [0.05, 0.1) is 17.9 Å².